The molecule has 0 aliphatic carbocycles. The summed E-state index contributed by atoms with van der Waals surface area (Å²) in [6, 6.07) is 21.6. The van der Waals surface area contributed by atoms with Crippen molar-refractivity contribution in [2.24, 2.45) is 0 Å². The van der Waals surface area contributed by atoms with Crippen LogP contribution >= 0.6 is 11.8 Å². The fourth-order valence-corrected chi connectivity index (χ4v) is 4.42. The van der Waals surface area contributed by atoms with Gasteiger partial charge in [-0.05, 0) is 53.1 Å². The van der Waals surface area contributed by atoms with Gasteiger partial charge >= 0.3 is 0 Å². The zero-order chi connectivity index (χ0) is 24.1. The van der Waals surface area contributed by atoms with E-state index in [0.29, 0.717) is 11.1 Å². The van der Waals surface area contributed by atoms with E-state index in [9.17, 15) is 14.4 Å². The number of ether oxygens (including phenoxy) is 2. The average molecular weight is 477 g/mol. The SMILES string of the molecule is COc1ccc(C(NC(=O)c2cccc(CN3C(=O)CSC3=O)c2)c2ccc(OC)cc2)cc1. The maximum absolute atomic E-state index is 13.3. The van der Waals surface area contributed by atoms with Crippen molar-refractivity contribution in [2.75, 3.05) is 20.0 Å². The monoisotopic (exact) mass is 476 g/mol. The van der Waals surface area contributed by atoms with Gasteiger partial charge in [0.15, 0.2) is 0 Å². The van der Waals surface area contributed by atoms with Crippen molar-refractivity contribution in [1.82, 2.24) is 10.2 Å². The molecule has 3 amide bonds. The molecule has 1 N–H and O–H groups in total. The molecular formula is C26H24N2O5S. The third-order valence-corrected chi connectivity index (χ3v) is 6.40. The second-order valence-electron chi connectivity index (χ2n) is 7.69. The highest BCUT2D eigenvalue weighted by Gasteiger charge is 2.30. The number of nitrogens with one attached hydrogen (secondary N) is 1. The molecule has 3 aromatic rings. The number of carbonyl (C=O) groups is 3. The molecule has 0 radical (unpaired) electrons. The summed E-state index contributed by atoms with van der Waals surface area (Å²) in [5, 5.41) is 2.84. The predicted octanol–water partition coefficient (Wildman–Crippen LogP) is 4.42. The molecule has 34 heavy (non-hydrogen) atoms. The Morgan fingerprint density at radius 3 is 2.03 bits per heavy atom. The molecule has 3 aromatic carbocycles. The van der Waals surface area contributed by atoms with Gasteiger partial charge < -0.3 is 14.8 Å². The first kappa shape index (κ1) is 23.4. The van der Waals surface area contributed by atoms with Crippen LogP contribution in [-0.4, -0.2) is 41.9 Å². The summed E-state index contributed by atoms with van der Waals surface area (Å²) < 4.78 is 10.5. The van der Waals surface area contributed by atoms with E-state index >= 15 is 0 Å². The fraction of sp³-hybridized carbons (Fsp3) is 0.192. The number of methoxy groups -OCH3 is 2. The van der Waals surface area contributed by atoms with Crippen LogP contribution in [0.1, 0.15) is 33.1 Å². The molecule has 4 rings (SSSR count). The van der Waals surface area contributed by atoms with Gasteiger partial charge in [0.2, 0.25) is 5.91 Å². The Kier molecular flexibility index (Phi) is 7.18. The van der Waals surface area contributed by atoms with Crippen LogP contribution in [0.25, 0.3) is 0 Å². The minimum absolute atomic E-state index is 0.145. The molecule has 0 saturated carbocycles. The van der Waals surface area contributed by atoms with E-state index in [4.69, 9.17) is 9.47 Å². The third kappa shape index (κ3) is 5.23. The molecule has 1 aliphatic rings. The van der Waals surface area contributed by atoms with E-state index in [1.54, 1.807) is 38.5 Å². The fourth-order valence-electron chi connectivity index (χ4n) is 3.69. The smallest absolute Gasteiger partial charge is 0.289 e. The average Bonchev–Trinajstić information content (AvgIpc) is 3.19. The molecule has 1 fully saturated rings. The lowest BCUT2D eigenvalue weighted by Crippen LogP contribution is -2.30. The Balaban J connectivity index is 1.58. The van der Waals surface area contributed by atoms with Gasteiger partial charge in [-0.3, -0.25) is 19.3 Å². The van der Waals surface area contributed by atoms with Gasteiger partial charge in [0.25, 0.3) is 11.1 Å². The molecule has 0 aromatic heterocycles. The number of hydrogen-bond donors (Lipinski definition) is 1. The van der Waals surface area contributed by atoms with E-state index in [1.165, 1.54) is 4.90 Å². The summed E-state index contributed by atoms with van der Waals surface area (Å²) in [5.74, 6) is 1.11. The van der Waals surface area contributed by atoms with Crippen LogP contribution in [0.4, 0.5) is 4.79 Å². The lowest BCUT2D eigenvalue weighted by molar-refractivity contribution is -0.125. The number of imide groups is 1. The number of hydrogen-bond acceptors (Lipinski definition) is 6. The Morgan fingerprint density at radius 1 is 0.941 bits per heavy atom. The van der Waals surface area contributed by atoms with Crippen LogP contribution in [0.2, 0.25) is 0 Å². The summed E-state index contributed by atoms with van der Waals surface area (Å²) in [6.07, 6.45) is 0. The minimum Gasteiger partial charge on any atom is -0.497 e. The standard InChI is InChI=1S/C26H24N2O5S/c1-32-21-10-6-18(7-11-21)24(19-8-12-22(33-2)13-9-19)27-25(30)20-5-3-4-17(14-20)15-28-23(29)16-34-26(28)31/h3-14,24H,15-16H2,1-2H3,(H,27,30). The highest BCUT2D eigenvalue weighted by Crippen LogP contribution is 2.27. The number of amides is 3. The molecule has 0 bridgehead atoms. The van der Waals surface area contributed by atoms with Crippen molar-refractivity contribution in [2.45, 2.75) is 12.6 Å². The number of rotatable bonds is 8. The quantitative estimate of drug-likeness (QED) is 0.518. The summed E-state index contributed by atoms with van der Waals surface area (Å²) >= 11 is 0.992. The van der Waals surface area contributed by atoms with Crippen molar-refractivity contribution in [3.63, 3.8) is 0 Å². The zero-order valence-electron chi connectivity index (χ0n) is 18.8. The van der Waals surface area contributed by atoms with Crippen molar-refractivity contribution in [3.05, 3.63) is 95.1 Å². The van der Waals surface area contributed by atoms with Crippen LogP contribution < -0.4 is 14.8 Å². The van der Waals surface area contributed by atoms with Gasteiger partial charge in [-0.2, -0.15) is 0 Å². The van der Waals surface area contributed by atoms with Crippen molar-refractivity contribution in [3.8, 4) is 11.5 Å². The van der Waals surface area contributed by atoms with E-state index < -0.39 is 6.04 Å². The normalized spacial score (nSPS) is 13.3. The van der Waals surface area contributed by atoms with Crippen LogP contribution in [-0.2, 0) is 11.3 Å². The van der Waals surface area contributed by atoms with Crippen molar-refractivity contribution >= 4 is 28.8 Å². The lowest BCUT2D eigenvalue weighted by Gasteiger charge is -2.21. The molecule has 174 valence electrons. The second-order valence-corrected chi connectivity index (χ2v) is 8.61. The van der Waals surface area contributed by atoms with E-state index in [-0.39, 0.29) is 29.4 Å². The van der Waals surface area contributed by atoms with E-state index in [1.807, 2.05) is 48.5 Å². The number of nitrogens with zero attached hydrogens (tertiary/aromatic N) is 1. The molecule has 0 spiro atoms. The highest BCUT2D eigenvalue weighted by atomic mass is 32.2. The first-order chi connectivity index (χ1) is 16.5. The topological polar surface area (TPSA) is 84.9 Å². The Bertz CT molecular complexity index is 1130. The van der Waals surface area contributed by atoms with Crippen molar-refractivity contribution < 1.29 is 23.9 Å². The van der Waals surface area contributed by atoms with Crippen LogP contribution in [0, 0.1) is 0 Å². The second kappa shape index (κ2) is 10.4. The van der Waals surface area contributed by atoms with Crippen LogP contribution in [0.15, 0.2) is 72.8 Å². The summed E-state index contributed by atoms with van der Waals surface area (Å²) in [7, 11) is 3.21. The first-order valence-corrected chi connectivity index (χ1v) is 11.6. The maximum Gasteiger partial charge on any atom is 0.289 e. The largest absolute Gasteiger partial charge is 0.497 e. The molecule has 0 unspecified atom stereocenters. The van der Waals surface area contributed by atoms with Crippen LogP contribution in [0.3, 0.4) is 0 Å². The molecule has 7 nitrogen and oxygen atoms in total. The zero-order valence-corrected chi connectivity index (χ0v) is 19.6. The van der Waals surface area contributed by atoms with Gasteiger partial charge in [0.05, 0.1) is 32.6 Å². The summed E-state index contributed by atoms with van der Waals surface area (Å²) in [4.78, 5) is 38.3. The molecule has 1 saturated heterocycles. The van der Waals surface area contributed by atoms with Gasteiger partial charge in [-0.25, -0.2) is 0 Å². The van der Waals surface area contributed by atoms with Gasteiger partial charge in [0, 0.05) is 5.56 Å². The lowest BCUT2D eigenvalue weighted by atomic mass is 9.97. The van der Waals surface area contributed by atoms with Crippen molar-refractivity contribution in [1.29, 1.82) is 0 Å². The van der Waals surface area contributed by atoms with E-state index in [0.717, 1.165) is 34.4 Å². The highest BCUT2D eigenvalue weighted by molar-refractivity contribution is 8.14. The molecule has 0 atom stereocenters. The third-order valence-electron chi connectivity index (χ3n) is 5.54. The molecule has 1 heterocycles. The predicted molar refractivity (Wildman–Crippen MR) is 130 cm³/mol. The summed E-state index contributed by atoms with van der Waals surface area (Å²) in [5.41, 5.74) is 2.93. The van der Waals surface area contributed by atoms with Crippen LogP contribution in [0.5, 0.6) is 11.5 Å². The molecule has 8 heteroatoms. The number of thioether (sulfide) groups is 1. The number of carbonyl (C=O) groups excluding carboxylic acids is 3. The maximum atomic E-state index is 13.3. The van der Waals surface area contributed by atoms with Gasteiger partial charge in [-0.1, -0.05) is 48.2 Å². The van der Waals surface area contributed by atoms with Gasteiger partial charge in [0.1, 0.15) is 11.5 Å². The Morgan fingerprint density at radius 2 is 1.53 bits per heavy atom. The Labute approximate surface area is 202 Å². The van der Waals surface area contributed by atoms with Gasteiger partial charge in [-0.15, -0.1) is 0 Å². The summed E-state index contributed by atoms with van der Waals surface area (Å²) in [6.45, 7) is 0.145. The Hall–Kier alpha value is -3.78. The molecular weight excluding hydrogens is 452 g/mol. The van der Waals surface area contributed by atoms with E-state index in [2.05, 4.69) is 5.32 Å². The first-order valence-electron chi connectivity index (χ1n) is 10.6. The number of benzene rings is 3. The minimum atomic E-state index is -0.411. The molecule has 1 aliphatic heterocycles.